The van der Waals surface area contributed by atoms with Gasteiger partial charge in [-0.3, -0.25) is 4.55 Å². The Balaban J connectivity index is 0.000000308. The van der Waals surface area contributed by atoms with E-state index >= 15 is 0 Å². The molecule has 1 aromatic heterocycles. The van der Waals surface area contributed by atoms with Gasteiger partial charge in [0.2, 0.25) is 0 Å². The third-order valence-electron chi connectivity index (χ3n) is 3.92. The van der Waals surface area contributed by atoms with Gasteiger partial charge in [0, 0.05) is 10.8 Å². The first-order valence-corrected chi connectivity index (χ1v) is 11.8. The Bertz CT molecular complexity index is 535. The van der Waals surface area contributed by atoms with Gasteiger partial charge < -0.3 is 9.47 Å². The van der Waals surface area contributed by atoms with Crippen LogP contribution < -0.4 is 9.47 Å². The molecule has 0 saturated carbocycles. The lowest BCUT2D eigenvalue weighted by molar-refractivity contribution is 0.173. The Labute approximate surface area is 161 Å². The third-order valence-corrected chi connectivity index (χ3v) is 5.09. The minimum Gasteiger partial charge on any atom is -0.485 e. The van der Waals surface area contributed by atoms with Gasteiger partial charge in [0.1, 0.15) is 13.2 Å². The lowest BCUT2D eigenvalue weighted by Gasteiger charge is -2.13. The summed E-state index contributed by atoms with van der Waals surface area (Å²) in [5, 5.41) is 3.91. The predicted molar refractivity (Wildman–Crippen MR) is 105 cm³/mol. The van der Waals surface area contributed by atoms with Crippen molar-refractivity contribution in [1.82, 2.24) is 0 Å². The number of hydrogen-bond donors (Lipinski definition) is 1. The summed E-state index contributed by atoms with van der Waals surface area (Å²) in [7, 11) is -4.23. The van der Waals surface area contributed by atoms with Crippen molar-refractivity contribution in [1.29, 1.82) is 0 Å². The van der Waals surface area contributed by atoms with Crippen LogP contribution in [0.5, 0.6) is 11.5 Å². The maximum Gasteiger partial charge on any atom is 0.397 e. The maximum absolute atomic E-state index is 10.2. The monoisotopic (exact) mass is 408 g/mol. The van der Waals surface area contributed by atoms with E-state index in [1.54, 1.807) is 11.3 Å². The summed E-state index contributed by atoms with van der Waals surface area (Å²) in [6, 6.07) is 0. The quantitative estimate of drug-likeness (QED) is 0.376. The van der Waals surface area contributed by atoms with E-state index in [9.17, 15) is 8.42 Å². The molecule has 0 saturated heterocycles. The fourth-order valence-electron chi connectivity index (χ4n) is 2.54. The molecule has 2 rings (SSSR count). The van der Waals surface area contributed by atoms with Crippen LogP contribution in [0.15, 0.2) is 10.8 Å². The number of hydrogen-bond acceptors (Lipinski definition) is 6. The van der Waals surface area contributed by atoms with E-state index in [1.807, 2.05) is 10.8 Å². The van der Waals surface area contributed by atoms with Crippen molar-refractivity contribution in [3.05, 3.63) is 10.8 Å². The van der Waals surface area contributed by atoms with E-state index < -0.39 is 10.4 Å². The van der Waals surface area contributed by atoms with Crippen LogP contribution in [-0.2, 0) is 14.6 Å². The molecule has 0 fully saturated rings. The third kappa shape index (κ3) is 12.5. The molecule has 26 heavy (non-hydrogen) atoms. The van der Waals surface area contributed by atoms with Crippen LogP contribution in [0.3, 0.4) is 0 Å². The summed E-state index contributed by atoms with van der Waals surface area (Å²) in [4.78, 5) is 0. The molecule has 0 radical (unpaired) electrons. The van der Waals surface area contributed by atoms with Crippen molar-refractivity contribution >= 4 is 21.7 Å². The van der Waals surface area contributed by atoms with Gasteiger partial charge in [-0.25, -0.2) is 4.18 Å². The molecule has 1 N–H and O–H groups in total. The zero-order valence-corrected chi connectivity index (χ0v) is 17.3. The lowest BCUT2D eigenvalue weighted by atomic mass is 10.1. The molecule has 0 aliphatic carbocycles. The molecule has 1 aliphatic rings. The van der Waals surface area contributed by atoms with Gasteiger partial charge in [-0.05, 0) is 6.42 Å². The van der Waals surface area contributed by atoms with E-state index in [-0.39, 0.29) is 6.61 Å². The molecular weight excluding hydrogens is 376 g/mol. The van der Waals surface area contributed by atoms with Crippen LogP contribution in [-0.4, -0.2) is 32.8 Å². The van der Waals surface area contributed by atoms with Crippen molar-refractivity contribution < 1.29 is 26.6 Å². The van der Waals surface area contributed by atoms with Crippen molar-refractivity contribution in [2.24, 2.45) is 0 Å². The van der Waals surface area contributed by atoms with Crippen LogP contribution in [0.4, 0.5) is 0 Å². The topological polar surface area (TPSA) is 82.1 Å². The molecule has 6 nitrogen and oxygen atoms in total. The fraction of sp³-hybridized carbons (Fsp3) is 0.778. The first-order valence-electron chi connectivity index (χ1n) is 9.46. The molecule has 0 aromatic carbocycles. The van der Waals surface area contributed by atoms with E-state index in [1.165, 1.54) is 44.9 Å². The minimum absolute atomic E-state index is 0.0926. The van der Waals surface area contributed by atoms with Crippen LogP contribution in [0, 0.1) is 0 Å². The van der Waals surface area contributed by atoms with E-state index in [2.05, 4.69) is 11.1 Å². The highest BCUT2D eigenvalue weighted by molar-refractivity contribution is 7.80. The second-order valence-corrected chi connectivity index (χ2v) is 8.06. The fourth-order valence-corrected chi connectivity index (χ4v) is 3.55. The van der Waals surface area contributed by atoms with E-state index in [0.717, 1.165) is 24.3 Å². The van der Waals surface area contributed by atoms with Crippen molar-refractivity contribution in [2.45, 2.75) is 71.1 Å². The molecule has 152 valence electrons. The lowest BCUT2D eigenvalue weighted by Crippen LogP contribution is -2.13. The van der Waals surface area contributed by atoms with Gasteiger partial charge in [0.25, 0.3) is 0 Å². The molecule has 0 amide bonds. The first-order chi connectivity index (χ1) is 12.5. The molecule has 1 aliphatic heterocycles. The van der Waals surface area contributed by atoms with Crippen LogP contribution >= 0.6 is 11.3 Å². The van der Waals surface area contributed by atoms with Crippen molar-refractivity contribution in [3.8, 4) is 11.5 Å². The van der Waals surface area contributed by atoms with E-state index in [0.29, 0.717) is 19.6 Å². The summed E-state index contributed by atoms with van der Waals surface area (Å²) in [6.45, 7) is 3.68. The summed E-state index contributed by atoms with van der Waals surface area (Å²) < 4.78 is 43.5. The summed E-state index contributed by atoms with van der Waals surface area (Å²) in [6.07, 6.45) is 11.9. The Morgan fingerprint density at radius 2 is 1.38 bits per heavy atom. The second-order valence-electron chi connectivity index (χ2n) is 6.23. The molecule has 0 atom stereocenters. The number of thiophene rings is 1. The van der Waals surface area contributed by atoms with Crippen molar-refractivity contribution in [3.63, 3.8) is 0 Å². The molecule has 1 aromatic rings. The van der Waals surface area contributed by atoms with Gasteiger partial charge in [0.15, 0.2) is 11.5 Å². The molecular formula is C18H32O6S2. The SMILES string of the molecule is CCCCCCCCCCCCOS(=O)(=O)O.c1scc2c1OCCO2. The normalized spacial score (nSPS) is 13.2. The molecule has 2 heterocycles. The van der Waals surface area contributed by atoms with Crippen LogP contribution in [0.2, 0.25) is 0 Å². The average Bonchev–Trinajstić information content (AvgIpc) is 3.08. The Morgan fingerprint density at radius 3 is 1.85 bits per heavy atom. The van der Waals surface area contributed by atoms with Gasteiger partial charge in [-0.2, -0.15) is 8.42 Å². The number of rotatable bonds is 12. The second kappa shape index (κ2) is 14.3. The highest BCUT2D eigenvalue weighted by atomic mass is 32.3. The largest absolute Gasteiger partial charge is 0.485 e. The molecule has 0 spiro atoms. The predicted octanol–water partition coefficient (Wildman–Crippen LogP) is 5.25. The molecule has 8 heteroatoms. The average molecular weight is 409 g/mol. The number of unbranched alkanes of at least 4 members (excludes halogenated alkanes) is 9. The van der Waals surface area contributed by atoms with E-state index in [4.69, 9.17) is 14.0 Å². The van der Waals surface area contributed by atoms with Crippen LogP contribution in [0.1, 0.15) is 71.1 Å². The Hall–Kier alpha value is -0.830. The number of fused-ring (bicyclic) bond motifs is 1. The van der Waals surface area contributed by atoms with Gasteiger partial charge in [0.05, 0.1) is 6.61 Å². The highest BCUT2D eigenvalue weighted by Crippen LogP contribution is 2.33. The van der Waals surface area contributed by atoms with Gasteiger partial charge in [-0.1, -0.05) is 64.7 Å². The summed E-state index contributed by atoms with van der Waals surface area (Å²) in [5.41, 5.74) is 0. The highest BCUT2D eigenvalue weighted by Gasteiger charge is 2.10. The van der Waals surface area contributed by atoms with Gasteiger partial charge >= 0.3 is 10.4 Å². The Kier molecular flexibility index (Phi) is 12.7. The standard InChI is InChI=1S/C12H26O4S.C6H6O2S/c1-2-3-4-5-6-7-8-9-10-11-12-16-17(13,14)15;1-2-8-6-4-9-3-5(6)7-1/h2-12H2,1H3,(H,13,14,15);3-4H,1-2H2. The Morgan fingerprint density at radius 1 is 0.923 bits per heavy atom. The summed E-state index contributed by atoms with van der Waals surface area (Å²) in [5.74, 6) is 1.79. The zero-order valence-electron chi connectivity index (χ0n) is 15.7. The summed E-state index contributed by atoms with van der Waals surface area (Å²) >= 11 is 1.61. The number of ether oxygens (including phenoxy) is 2. The van der Waals surface area contributed by atoms with Crippen molar-refractivity contribution in [2.75, 3.05) is 19.8 Å². The molecule has 0 bridgehead atoms. The minimum atomic E-state index is -4.23. The smallest absolute Gasteiger partial charge is 0.397 e. The zero-order chi connectivity index (χ0) is 19.1. The maximum atomic E-state index is 10.2. The van der Waals surface area contributed by atoms with Gasteiger partial charge in [-0.15, -0.1) is 11.3 Å². The van der Waals surface area contributed by atoms with Crippen LogP contribution in [0.25, 0.3) is 0 Å². The first kappa shape index (κ1) is 23.2. The molecule has 0 unspecified atom stereocenters.